The summed E-state index contributed by atoms with van der Waals surface area (Å²) < 4.78 is 0. The molecule has 0 amide bonds. The summed E-state index contributed by atoms with van der Waals surface area (Å²) in [4.78, 5) is 7.07. The Labute approximate surface area is 117 Å². The molecule has 0 aliphatic carbocycles. The van der Waals surface area contributed by atoms with Gasteiger partial charge in [0.1, 0.15) is 5.82 Å². The van der Waals surface area contributed by atoms with Gasteiger partial charge in [0.25, 0.3) is 0 Å². The van der Waals surface area contributed by atoms with E-state index >= 15 is 0 Å². The first-order valence-electron chi connectivity index (χ1n) is 7.55. The molecule has 1 unspecified atom stereocenters. The summed E-state index contributed by atoms with van der Waals surface area (Å²) >= 11 is 0. The van der Waals surface area contributed by atoms with Crippen molar-refractivity contribution in [2.75, 3.05) is 25.0 Å². The Morgan fingerprint density at radius 1 is 1.32 bits per heavy atom. The van der Waals surface area contributed by atoms with Crippen LogP contribution in [0.15, 0.2) is 18.3 Å². The SMILES string of the molecule is CNCc1ccc(N2CCCC(C(C)C)CC2)nc1. The van der Waals surface area contributed by atoms with E-state index in [2.05, 4.69) is 41.2 Å². The lowest BCUT2D eigenvalue weighted by Crippen LogP contribution is -2.25. The molecule has 0 spiro atoms. The first kappa shape index (κ1) is 14.3. The van der Waals surface area contributed by atoms with E-state index in [0.717, 1.165) is 37.3 Å². The summed E-state index contributed by atoms with van der Waals surface area (Å²) in [5, 5.41) is 3.16. The van der Waals surface area contributed by atoms with Gasteiger partial charge in [-0.1, -0.05) is 19.9 Å². The van der Waals surface area contributed by atoms with Crippen LogP contribution < -0.4 is 10.2 Å². The fourth-order valence-electron chi connectivity index (χ4n) is 2.93. The molecule has 1 aromatic heterocycles. The average Bonchev–Trinajstić information content (AvgIpc) is 2.66. The number of aromatic nitrogens is 1. The Morgan fingerprint density at radius 3 is 2.79 bits per heavy atom. The molecule has 0 aromatic carbocycles. The van der Waals surface area contributed by atoms with Crippen LogP contribution >= 0.6 is 0 Å². The van der Waals surface area contributed by atoms with Crippen molar-refractivity contribution in [2.24, 2.45) is 11.8 Å². The molecule has 1 atom stereocenters. The average molecular weight is 261 g/mol. The third-order valence-corrected chi connectivity index (χ3v) is 4.23. The molecular formula is C16H27N3. The van der Waals surface area contributed by atoms with Gasteiger partial charge in [-0.3, -0.25) is 0 Å². The Hall–Kier alpha value is -1.09. The molecule has 19 heavy (non-hydrogen) atoms. The maximum atomic E-state index is 4.62. The fraction of sp³-hybridized carbons (Fsp3) is 0.688. The van der Waals surface area contributed by atoms with Crippen LogP contribution in [0.5, 0.6) is 0 Å². The van der Waals surface area contributed by atoms with Crippen molar-refractivity contribution in [3.63, 3.8) is 0 Å². The quantitative estimate of drug-likeness (QED) is 0.903. The summed E-state index contributed by atoms with van der Waals surface area (Å²) in [6.07, 6.45) is 5.96. The second-order valence-electron chi connectivity index (χ2n) is 5.98. The Balaban J connectivity index is 1.97. The molecule has 0 saturated carbocycles. The molecule has 2 rings (SSSR count). The maximum Gasteiger partial charge on any atom is 0.128 e. The normalized spacial score (nSPS) is 20.6. The molecule has 2 heterocycles. The molecule has 1 aliphatic heterocycles. The Bertz CT molecular complexity index is 372. The lowest BCUT2D eigenvalue weighted by atomic mass is 9.89. The van der Waals surface area contributed by atoms with Gasteiger partial charge in [-0.05, 0) is 49.8 Å². The van der Waals surface area contributed by atoms with Gasteiger partial charge in [0, 0.05) is 25.8 Å². The number of hydrogen-bond donors (Lipinski definition) is 1. The predicted octanol–water partition coefficient (Wildman–Crippen LogP) is 3.06. The van der Waals surface area contributed by atoms with Crippen LogP contribution in [0.3, 0.4) is 0 Å². The van der Waals surface area contributed by atoms with Crippen molar-refractivity contribution in [1.29, 1.82) is 0 Å². The minimum Gasteiger partial charge on any atom is -0.357 e. The van der Waals surface area contributed by atoms with Gasteiger partial charge in [0.05, 0.1) is 0 Å². The standard InChI is InChI=1S/C16H27N3/c1-13(2)15-5-4-9-19(10-8-15)16-7-6-14(11-17-3)12-18-16/h6-7,12-13,15,17H,4-5,8-11H2,1-3H3. The maximum absolute atomic E-state index is 4.62. The zero-order valence-electron chi connectivity index (χ0n) is 12.5. The minimum absolute atomic E-state index is 0.811. The summed E-state index contributed by atoms with van der Waals surface area (Å²) in [5.74, 6) is 2.84. The number of hydrogen-bond acceptors (Lipinski definition) is 3. The molecule has 3 heteroatoms. The van der Waals surface area contributed by atoms with Gasteiger partial charge in [0.15, 0.2) is 0 Å². The third-order valence-electron chi connectivity index (χ3n) is 4.23. The van der Waals surface area contributed by atoms with E-state index < -0.39 is 0 Å². The highest BCUT2D eigenvalue weighted by Gasteiger charge is 2.20. The predicted molar refractivity (Wildman–Crippen MR) is 81.4 cm³/mol. The first-order valence-corrected chi connectivity index (χ1v) is 7.55. The molecular weight excluding hydrogens is 234 g/mol. The Morgan fingerprint density at radius 2 is 2.16 bits per heavy atom. The zero-order valence-corrected chi connectivity index (χ0v) is 12.5. The lowest BCUT2D eigenvalue weighted by molar-refractivity contribution is 0.351. The summed E-state index contributed by atoms with van der Waals surface area (Å²) in [7, 11) is 1.97. The van der Waals surface area contributed by atoms with Crippen molar-refractivity contribution in [1.82, 2.24) is 10.3 Å². The van der Waals surface area contributed by atoms with Crippen LogP contribution in [0.1, 0.15) is 38.7 Å². The number of anilines is 1. The van der Waals surface area contributed by atoms with Crippen molar-refractivity contribution in [3.05, 3.63) is 23.9 Å². The fourth-order valence-corrected chi connectivity index (χ4v) is 2.93. The molecule has 0 bridgehead atoms. The minimum atomic E-state index is 0.811. The van der Waals surface area contributed by atoms with Crippen LogP contribution in [0.4, 0.5) is 5.82 Å². The van der Waals surface area contributed by atoms with E-state index in [1.165, 1.54) is 24.8 Å². The summed E-state index contributed by atoms with van der Waals surface area (Å²) in [6.45, 7) is 7.90. The third kappa shape index (κ3) is 3.93. The second-order valence-corrected chi connectivity index (χ2v) is 5.98. The molecule has 3 nitrogen and oxygen atoms in total. The van der Waals surface area contributed by atoms with Crippen molar-refractivity contribution >= 4 is 5.82 Å². The highest BCUT2D eigenvalue weighted by atomic mass is 15.2. The van der Waals surface area contributed by atoms with Crippen LogP contribution in [-0.4, -0.2) is 25.1 Å². The van der Waals surface area contributed by atoms with Crippen LogP contribution in [0.2, 0.25) is 0 Å². The molecule has 1 aromatic rings. The van der Waals surface area contributed by atoms with E-state index in [0.29, 0.717) is 0 Å². The largest absolute Gasteiger partial charge is 0.357 e. The van der Waals surface area contributed by atoms with Gasteiger partial charge in [-0.2, -0.15) is 0 Å². The molecule has 1 saturated heterocycles. The molecule has 1 aliphatic rings. The van der Waals surface area contributed by atoms with Crippen LogP contribution in [0.25, 0.3) is 0 Å². The topological polar surface area (TPSA) is 28.2 Å². The van der Waals surface area contributed by atoms with Gasteiger partial charge in [-0.25, -0.2) is 4.98 Å². The van der Waals surface area contributed by atoms with E-state index in [9.17, 15) is 0 Å². The van der Waals surface area contributed by atoms with E-state index in [4.69, 9.17) is 0 Å². The van der Waals surface area contributed by atoms with Crippen molar-refractivity contribution in [3.8, 4) is 0 Å². The van der Waals surface area contributed by atoms with E-state index in [1.54, 1.807) is 0 Å². The first-order chi connectivity index (χ1) is 9.20. The summed E-state index contributed by atoms with van der Waals surface area (Å²) in [5.41, 5.74) is 1.25. The van der Waals surface area contributed by atoms with Crippen molar-refractivity contribution < 1.29 is 0 Å². The molecule has 0 radical (unpaired) electrons. The van der Waals surface area contributed by atoms with Crippen LogP contribution in [-0.2, 0) is 6.54 Å². The highest BCUT2D eigenvalue weighted by Crippen LogP contribution is 2.26. The zero-order chi connectivity index (χ0) is 13.7. The monoisotopic (exact) mass is 261 g/mol. The van der Waals surface area contributed by atoms with Crippen molar-refractivity contribution in [2.45, 2.75) is 39.7 Å². The van der Waals surface area contributed by atoms with Crippen LogP contribution in [0, 0.1) is 11.8 Å². The highest BCUT2D eigenvalue weighted by molar-refractivity contribution is 5.39. The number of nitrogens with zero attached hydrogens (tertiary/aromatic N) is 2. The molecule has 106 valence electrons. The lowest BCUT2D eigenvalue weighted by Gasteiger charge is -2.22. The van der Waals surface area contributed by atoms with Gasteiger partial charge in [-0.15, -0.1) is 0 Å². The smallest absolute Gasteiger partial charge is 0.128 e. The number of pyridine rings is 1. The number of nitrogens with one attached hydrogen (secondary N) is 1. The summed E-state index contributed by atoms with van der Waals surface area (Å²) in [6, 6.07) is 4.35. The Kier molecular flexibility index (Phi) is 5.20. The second kappa shape index (κ2) is 6.90. The van der Waals surface area contributed by atoms with Gasteiger partial charge < -0.3 is 10.2 Å². The number of rotatable bonds is 4. The van der Waals surface area contributed by atoms with Gasteiger partial charge in [0.2, 0.25) is 0 Å². The van der Waals surface area contributed by atoms with Gasteiger partial charge >= 0.3 is 0 Å². The van der Waals surface area contributed by atoms with E-state index in [1.807, 2.05) is 13.2 Å². The van der Waals surface area contributed by atoms with E-state index in [-0.39, 0.29) is 0 Å². The molecule has 1 N–H and O–H groups in total. The molecule has 1 fully saturated rings.